The van der Waals surface area contributed by atoms with Crippen molar-refractivity contribution < 1.29 is 19.3 Å². The molecule has 0 atom stereocenters. The molecular formula is C27H39N5O4Si. The second-order valence-corrected chi connectivity index (χ2v) is 16.9. The van der Waals surface area contributed by atoms with Gasteiger partial charge in [-0.05, 0) is 50.9 Å². The molecule has 4 rings (SSSR count). The molecule has 10 heteroatoms. The van der Waals surface area contributed by atoms with Crippen LogP contribution in [0.4, 0.5) is 11.5 Å². The zero-order chi connectivity index (χ0) is 26.5. The van der Waals surface area contributed by atoms with Crippen molar-refractivity contribution >= 4 is 19.6 Å². The van der Waals surface area contributed by atoms with Gasteiger partial charge in [0.1, 0.15) is 29.6 Å². The molecule has 0 aliphatic carbocycles. The summed E-state index contributed by atoms with van der Waals surface area (Å²) >= 11 is 0. The fraction of sp³-hybridized carbons (Fsp3) is 0.519. The van der Waals surface area contributed by atoms with Gasteiger partial charge in [0, 0.05) is 58.0 Å². The van der Waals surface area contributed by atoms with E-state index in [1.54, 1.807) is 26.2 Å². The molecule has 0 aromatic carbocycles. The normalized spacial score (nSPS) is 15.1. The fourth-order valence-corrected chi connectivity index (χ4v) is 4.77. The van der Waals surface area contributed by atoms with Crippen LogP contribution in [0, 0.1) is 0 Å². The van der Waals surface area contributed by atoms with Crippen molar-refractivity contribution in [2.75, 3.05) is 25.1 Å². The van der Waals surface area contributed by atoms with Crippen molar-refractivity contribution in [3.8, 4) is 11.5 Å². The minimum atomic E-state index is -1.15. The number of hydrogen-bond donors (Lipinski definition) is 2. The van der Waals surface area contributed by atoms with Gasteiger partial charge in [-0.15, -0.1) is 0 Å². The first-order valence-corrected chi connectivity index (χ1v) is 16.6. The summed E-state index contributed by atoms with van der Waals surface area (Å²) < 4.78 is 19.7. The summed E-state index contributed by atoms with van der Waals surface area (Å²) in [4.78, 5) is 8.69. The van der Waals surface area contributed by atoms with Gasteiger partial charge in [0.15, 0.2) is 5.75 Å². The van der Waals surface area contributed by atoms with Gasteiger partial charge in [-0.1, -0.05) is 19.6 Å². The number of pyridine rings is 2. The average Bonchev–Trinajstić information content (AvgIpc) is 3.24. The summed E-state index contributed by atoms with van der Waals surface area (Å²) in [5.41, 5.74) is 1.26. The predicted octanol–water partition coefficient (Wildman–Crippen LogP) is 5.64. The third-order valence-electron chi connectivity index (χ3n) is 6.20. The molecule has 3 aromatic rings. The molecule has 0 spiro atoms. The number of nitrogens with one attached hydrogen (secondary N) is 1. The minimum Gasteiger partial charge on any atom is -0.454 e. The van der Waals surface area contributed by atoms with Crippen LogP contribution >= 0.6 is 0 Å². The Labute approximate surface area is 220 Å². The zero-order valence-electron chi connectivity index (χ0n) is 22.5. The maximum absolute atomic E-state index is 10.3. The first-order valence-electron chi connectivity index (χ1n) is 12.9. The molecular weight excluding hydrogens is 486 g/mol. The van der Waals surface area contributed by atoms with E-state index < -0.39 is 13.7 Å². The van der Waals surface area contributed by atoms with E-state index in [0.717, 1.165) is 55.8 Å². The summed E-state index contributed by atoms with van der Waals surface area (Å²) in [5.74, 6) is 2.29. The Kier molecular flexibility index (Phi) is 8.63. The molecule has 0 saturated carbocycles. The smallest absolute Gasteiger partial charge is 0.168 e. The van der Waals surface area contributed by atoms with Gasteiger partial charge in [-0.3, -0.25) is 4.98 Å². The third kappa shape index (κ3) is 8.09. The number of aromatic nitrogens is 4. The number of ether oxygens (including phenoxy) is 3. The Morgan fingerprint density at radius 2 is 1.89 bits per heavy atom. The lowest BCUT2D eigenvalue weighted by Crippen LogP contribution is -2.22. The molecule has 2 N–H and O–H groups in total. The highest BCUT2D eigenvalue weighted by molar-refractivity contribution is 6.76. The maximum atomic E-state index is 10.3. The van der Waals surface area contributed by atoms with Crippen LogP contribution in [0.5, 0.6) is 11.5 Å². The molecule has 1 fully saturated rings. The molecule has 1 saturated heterocycles. The van der Waals surface area contributed by atoms with Crippen molar-refractivity contribution in [2.24, 2.45) is 0 Å². The number of rotatable bonds is 11. The first kappa shape index (κ1) is 27.2. The van der Waals surface area contributed by atoms with Crippen molar-refractivity contribution in [1.29, 1.82) is 0 Å². The summed E-state index contributed by atoms with van der Waals surface area (Å²) in [6, 6.07) is 8.44. The molecule has 0 unspecified atom stereocenters. The van der Waals surface area contributed by atoms with Crippen LogP contribution in [0.15, 0.2) is 42.9 Å². The molecule has 1 aliphatic heterocycles. The molecule has 9 nitrogen and oxygen atoms in total. The van der Waals surface area contributed by atoms with Gasteiger partial charge in [-0.25, -0.2) is 9.67 Å². The molecule has 0 bridgehead atoms. The van der Waals surface area contributed by atoms with Crippen LogP contribution in [0.2, 0.25) is 25.7 Å². The third-order valence-corrected chi connectivity index (χ3v) is 7.91. The first-order chi connectivity index (χ1) is 17.6. The number of nitrogens with zero attached hydrogens (tertiary/aromatic N) is 4. The van der Waals surface area contributed by atoms with Gasteiger partial charge in [-0.2, -0.15) is 5.10 Å². The predicted molar refractivity (Wildman–Crippen MR) is 146 cm³/mol. The second kappa shape index (κ2) is 11.7. The fourth-order valence-electron chi connectivity index (χ4n) is 4.01. The molecule has 3 aromatic heterocycles. The second-order valence-electron chi connectivity index (χ2n) is 11.2. The highest BCUT2D eigenvalue weighted by Crippen LogP contribution is 2.35. The van der Waals surface area contributed by atoms with E-state index in [9.17, 15) is 5.11 Å². The SMILES string of the molecule is CC(C)(O)c1cc(Nc2cc(Oc3cn(COCC[Si](C)(C)C)nc3C3CCOCC3)ccn2)ccn1. The topological polar surface area (TPSA) is 104 Å². The lowest BCUT2D eigenvalue weighted by molar-refractivity contribution is 0.0738. The molecule has 0 radical (unpaired) electrons. The minimum absolute atomic E-state index is 0.281. The van der Waals surface area contributed by atoms with Crippen LogP contribution in [0.3, 0.4) is 0 Å². The number of anilines is 2. The summed E-state index contributed by atoms with van der Waals surface area (Å²) in [6.07, 6.45) is 7.12. The Morgan fingerprint density at radius 3 is 2.62 bits per heavy atom. The Balaban J connectivity index is 1.49. The van der Waals surface area contributed by atoms with Crippen LogP contribution < -0.4 is 10.1 Å². The van der Waals surface area contributed by atoms with Crippen LogP contribution in [-0.4, -0.2) is 52.7 Å². The van der Waals surface area contributed by atoms with Crippen LogP contribution in [0.1, 0.15) is 44.0 Å². The van der Waals surface area contributed by atoms with Crippen molar-refractivity contribution in [2.45, 2.75) is 70.6 Å². The van der Waals surface area contributed by atoms with Gasteiger partial charge in [0.2, 0.25) is 0 Å². The lowest BCUT2D eigenvalue weighted by atomic mass is 9.96. The molecule has 0 amide bonds. The highest BCUT2D eigenvalue weighted by atomic mass is 28.3. The quantitative estimate of drug-likeness (QED) is 0.245. The zero-order valence-corrected chi connectivity index (χ0v) is 23.5. The van der Waals surface area contributed by atoms with E-state index in [-0.39, 0.29) is 5.92 Å². The monoisotopic (exact) mass is 525 g/mol. The van der Waals surface area contributed by atoms with E-state index >= 15 is 0 Å². The molecule has 1 aliphatic rings. The average molecular weight is 526 g/mol. The Morgan fingerprint density at radius 1 is 1.14 bits per heavy atom. The largest absolute Gasteiger partial charge is 0.454 e. The Bertz CT molecular complexity index is 1170. The van der Waals surface area contributed by atoms with Crippen LogP contribution in [-0.2, 0) is 21.8 Å². The van der Waals surface area contributed by atoms with E-state index in [4.69, 9.17) is 19.3 Å². The van der Waals surface area contributed by atoms with Gasteiger partial charge in [0.25, 0.3) is 0 Å². The van der Waals surface area contributed by atoms with E-state index in [0.29, 0.717) is 24.0 Å². The van der Waals surface area contributed by atoms with Crippen LogP contribution in [0.25, 0.3) is 0 Å². The number of aliphatic hydroxyl groups is 1. The molecule has 200 valence electrons. The molecule has 4 heterocycles. The van der Waals surface area contributed by atoms with E-state index in [1.807, 2.05) is 35.1 Å². The standard InChI is InChI=1S/C27H39N5O4Si/c1-27(2,33)24-16-21(6-10-28-24)30-25-17-22(7-11-29-25)36-23-18-32(19-35-14-15-37(3,4)5)31-26(23)20-8-12-34-13-9-20/h6-7,10-11,16-18,20,33H,8-9,12-15,19H2,1-5H3,(H,28,29,30). The van der Waals surface area contributed by atoms with E-state index in [2.05, 4.69) is 34.9 Å². The lowest BCUT2D eigenvalue weighted by Gasteiger charge is -2.21. The van der Waals surface area contributed by atoms with Crippen molar-refractivity contribution in [3.05, 3.63) is 54.2 Å². The van der Waals surface area contributed by atoms with Gasteiger partial charge in [0.05, 0.1) is 11.9 Å². The van der Waals surface area contributed by atoms with Gasteiger partial charge >= 0.3 is 0 Å². The molecule has 37 heavy (non-hydrogen) atoms. The Hall–Kier alpha value is -2.79. The highest BCUT2D eigenvalue weighted by Gasteiger charge is 2.24. The van der Waals surface area contributed by atoms with Gasteiger partial charge < -0.3 is 24.6 Å². The summed E-state index contributed by atoms with van der Waals surface area (Å²) in [6.45, 7) is 13.0. The summed E-state index contributed by atoms with van der Waals surface area (Å²) in [7, 11) is -1.15. The van der Waals surface area contributed by atoms with Crippen molar-refractivity contribution in [3.63, 3.8) is 0 Å². The maximum Gasteiger partial charge on any atom is 0.168 e. The van der Waals surface area contributed by atoms with E-state index in [1.165, 1.54) is 0 Å². The number of hydrogen-bond acceptors (Lipinski definition) is 8. The van der Waals surface area contributed by atoms with Crippen molar-refractivity contribution in [1.82, 2.24) is 19.7 Å². The summed E-state index contributed by atoms with van der Waals surface area (Å²) in [5, 5.41) is 18.4.